The first kappa shape index (κ1) is 20.1. The lowest BCUT2D eigenvalue weighted by Gasteiger charge is -2.37. The minimum Gasteiger partial charge on any atom is -0.391 e. The van der Waals surface area contributed by atoms with E-state index >= 15 is 0 Å². The maximum atomic E-state index is 12.8. The summed E-state index contributed by atoms with van der Waals surface area (Å²) in [6.07, 6.45) is -1.74. The van der Waals surface area contributed by atoms with Crippen molar-refractivity contribution in [2.75, 3.05) is 0 Å². The van der Waals surface area contributed by atoms with Gasteiger partial charge in [0.25, 0.3) is 0 Å². The standard InChI is InChI=1S/C18H21Cl2N3O4/c1-9-21-18(27-23-9)13(7-10-5-3-2-4-6-10)22-17(26)11-8-12(19)16(25)14(20)15(11)24/h2-6,11-16,24-25H,7-8H2,1H3,(H,22,26)/t11?,12?,13-,14?,15?,16?/m0/s1. The van der Waals surface area contributed by atoms with Crippen molar-refractivity contribution in [2.24, 2.45) is 5.92 Å². The minimum atomic E-state index is -1.21. The van der Waals surface area contributed by atoms with Gasteiger partial charge >= 0.3 is 0 Å². The molecule has 1 heterocycles. The molecule has 9 heteroatoms. The average Bonchev–Trinajstić information content (AvgIpc) is 3.09. The van der Waals surface area contributed by atoms with Crippen LogP contribution in [0.1, 0.15) is 29.7 Å². The lowest BCUT2D eigenvalue weighted by atomic mass is 9.83. The number of hydrogen-bond acceptors (Lipinski definition) is 6. The average molecular weight is 414 g/mol. The lowest BCUT2D eigenvalue weighted by Crippen LogP contribution is -2.54. The van der Waals surface area contributed by atoms with Crippen molar-refractivity contribution in [1.29, 1.82) is 0 Å². The van der Waals surface area contributed by atoms with E-state index in [-0.39, 0.29) is 12.3 Å². The Morgan fingerprint density at radius 3 is 2.63 bits per heavy atom. The number of aryl methyl sites for hydroxylation is 1. The summed E-state index contributed by atoms with van der Waals surface area (Å²) in [5, 5.41) is 25.1. The molecule has 6 atom stereocenters. The number of alkyl halides is 2. The molecule has 7 nitrogen and oxygen atoms in total. The van der Waals surface area contributed by atoms with E-state index in [0.717, 1.165) is 5.56 Å². The predicted octanol–water partition coefficient (Wildman–Crippen LogP) is 1.73. The van der Waals surface area contributed by atoms with Gasteiger partial charge in [-0.25, -0.2) is 0 Å². The van der Waals surface area contributed by atoms with Crippen molar-refractivity contribution in [3.63, 3.8) is 0 Å². The normalized spacial score (nSPS) is 29.3. The SMILES string of the molecule is Cc1noc([C@H](Cc2ccccc2)NC(=O)C2CC(Cl)C(O)C(Cl)C2O)n1. The first-order valence-electron chi connectivity index (χ1n) is 8.65. The summed E-state index contributed by atoms with van der Waals surface area (Å²) in [7, 11) is 0. The summed E-state index contributed by atoms with van der Waals surface area (Å²) in [5.74, 6) is -0.539. The van der Waals surface area contributed by atoms with Gasteiger partial charge < -0.3 is 20.1 Å². The van der Waals surface area contributed by atoms with Gasteiger partial charge in [0.15, 0.2) is 5.82 Å². The van der Waals surface area contributed by atoms with Crippen LogP contribution in [-0.4, -0.2) is 49.2 Å². The highest BCUT2D eigenvalue weighted by molar-refractivity contribution is 6.25. The maximum Gasteiger partial charge on any atom is 0.249 e. The number of aliphatic hydroxyl groups is 2. The molecule has 1 aromatic carbocycles. The fourth-order valence-corrected chi connectivity index (χ4v) is 3.96. The summed E-state index contributed by atoms with van der Waals surface area (Å²) in [5.41, 5.74) is 0.976. The number of amides is 1. The molecule has 0 bridgehead atoms. The molecule has 0 aliphatic heterocycles. The molecular weight excluding hydrogens is 393 g/mol. The third-order valence-electron chi connectivity index (χ3n) is 4.69. The molecule has 1 saturated carbocycles. The number of nitrogens with zero attached hydrogens (tertiary/aromatic N) is 2. The van der Waals surface area contributed by atoms with Gasteiger partial charge in [0.1, 0.15) is 6.04 Å². The van der Waals surface area contributed by atoms with E-state index in [1.165, 1.54) is 0 Å². The van der Waals surface area contributed by atoms with Gasteiger partial charge in [-0.15, -0.1) is 23.2 Å². The molecule has 27 heavy (non-hydrogen) atoms. The first-order valence-corrected chi connectivity index (χ1v) is 9.53. The number of carbonyl (C=O) groups excluding carboxylic acids is 1. The topological polar surface area (TPSA) is 108 Å². The Balaban J connectivity index is 1.78. The van der Waals surface area contributed by atoms with Gasteiger partial charge in [-0.3, -0.25) is 4.79 Å². The molecule has 1 aliphatic rings. The van der Waals surface area contributed by atoms with Crippen LogP contribution in [0.5, 0.6) is 0 Å². The minimum absolute atomic E-state index is 0.111. The van der Waals surface area contributed by atoms with Crippen molar-refractivity contribution >= 4 is 29.1 Å². The van der Waals surface area contributed by atoms with Gasteiger partial charge in [-0.1, -0.05) is 35.5 Å². The van der Waals surface area contributed by atoms with Crippen LogP contribution in [0, 0.1) is 12.8 Å². The summed E-state index contributed by atoms with van der Waals surface area (Å²) in [4.78, 5) is 17.0. The molecule has 1 aromatic heterocycles. The van der Waals surface area contributed by atoms with Crippen molar-refractivity contribution in [3.8, 4) is 0 Å². The highest BCUT2D eigenvalue weighted by Crippen LogP contribution is 2.33. The highest BCUT2D eigenvalue weighted by Gasteiger charge is 2.45. The van der Waals surface area contributed by atoms with Crippen LogP contribution in [0.3, 0.4) is 0 Å². The number of halogens is 2. The highest BCUT2D eigenvalue weighted by atomic mass is 35.5. The maximum absolute atomic E-state index is 12.8. The number of rotatable bonds is 5. The van der Waals surface area contributed by atoms with Crippen molar-refractivity contribution < 1.29 is 19.5 Å². The largest absolute Gasteiger partial charge is 0.391 e. The molecular formula is C18H21Cl2N3O4. The molecule has 146 valence electrons. The predicted molar refractivity (Wildman–Crippen MR) is 99.5 cm³/mol. The fraction of sp³-hybridized carbons (Fsp3) is 0.500. The molecule has 3 N–H and O–H groups in total. The van der Waals surface area contributed by atoms with Crippen molar-refractivity contribution in [1.82, 2.24) is 15.5 Å². The molecule has 0 radical (unpaired) electrons. The Bertz CT molecular complexity index is 773. The Kier molecular flexibility index (Phi) is 6.37. The van der Waals surface area contributed by atoms with Crippen molar-refractivity contribution in [2.45, 2.75) is 48.8 Å². The zero-order valence-corrected chi connectivity index (χ0v) is 16.1. The van der Waals surface area contributed by atoms with Gasteiger partial charge in [-0.2, -0.15) is 4.98 Å². The fourth-order valence-electron chi connectivity index (χ4n) is 3.19. The number of aromatic nitrogens is 2. The van der Waals surface area contributed by atoms with Crippen LogP contribution < -0.4 is 5.32 Å². The van der Waals surface area contributed by atoms with Crippen LogP contribution in [0.15, 0.2) is 34.9 Å². The number of nitrogens with one attached hydrogen (secondary N) is 1. The van der Waals surface area contributed by atoms with Crippen molar-refractivity contribution in [3.05, 3.63) is 47.6 Å². The Labute approximate surface area is 166 Å². The zero-order valence-electron chi connectivity index (χ0n) is 14.6. The summed E-state index contributed by atoms with van der Waals surface area (Å²) in [6.45, 7) is 1.69. The number of aliphatic hydroxyl groups excluding tert-OH is 2. The second kappa shape index (κ2) is 8.56. The van der Waals surface area contributed by atoms with Gasteiger partial charge in [0, 0.05) is 6.42 Å². The smallest absolute Gasteiger partial charge is 0.249 e. The van der Waals surface area contributed by atoms with Gasteiger partial charge in [0.05, 0.1) is 28.9 Å². The van der Waals surface area contributed by atoms with E-state index in [1.807, 2.05) is 30.3 Å². The third-order valence-corrected chi connectivity index (χ3v) is 5.64. The van der Waals surface area contributed by atoms with Crippen LogP contribution >= 0.6 is 23.2 Å². The van der Waals surface area contributed by atoms with E-state index in [9.17, 15) is 15.0 Å². The van der Waals surface area contributed by atoms with Crippen LogP contribution in [0.4, 0.5) is 0 Å². The molecule has 3 rings (SSSR count). The van der Waals surface area contributed by atoms with Gasteiger partial charge in [-0.05, 0) is 18.9 Å². The third kappa shape index (κ3) is 4.60. The number of carbonyl (C=O) groups is 1. The second-order valence-corrected chi connectivity index (χ2v) is 7.78. The Morgan fingerprint density at radius 1 is 1.30 bits per heavy atom. The Hall–Kier alpha value is -1.67. The van der Waals surface area contributed by atoms with E-state index in [4.69, 9.17) is 27.7 Å². The number of hydrogen-bond donors (Lipinski definition) is 3. The van der Waals surface area contributed by atoms with E-state index < -0.39 is 40.8 Å². The van der Waals surface area contributed by atoms with E-state index in [0.29, 0.717) is 12.2 Å². The molecule has 1 amide bonds. The van der Waals surface area contributed by atoms with E-state index in [2.05, 4.69) is 15.5 Å². The molecule has 2 aromatic rings. The van der Waals surface area contributed by atoms with E-state index in [1.54, 1.807) is 6.92 Å². The summed E-state index contributed by atoms with van der Waals surface area (Å²) < 4.78 is 5.24. The summed E-state index contributed by atoms with van der Waals surface area (Å²) in [6, 6.07) is 8.99. The quantitative estimate of drug-likeness (QED) is 0.644. The first-order chi connectivity index (χ1) is 12.9. The van der Waals surface area contributed by atoms with Gasteiger partial charge in [0.2, 0.25) is 11.8 Å². The van der Waals surface area contributed by atoms with Crippen LogP contribution in [-0.2, 0) is 11.2 Å². The lowest BCUT2D eigenvalue weighted by molar-refractivity contribution is -0.132. The van der Waals surface area contributed by atoms with Crippen LogP contribution in [0.2, 0.25) is 0 Å². The Morgan fingerprint density at radius 2 is 2.00 bits per heavy atom. The molecule has 1 aliphatic carbocycles. The molecule has 0 spiro atoms. The summed E-state index contributed by atoms with van der Waals surface area (Å²) >= 11 is 12.1. The second-order valence-electron chi connectivity index (χ2n) is 6.71. The molecule has 0 saturated heterocycles. The van der Waals surface area contributed by atoms with Crippen LogP contribution in [0.25, 0.3) is 0 Å². The number of benzene rings is 1. The monoisotopic (exact) mass is 413 g/mol. The zero-order chi connectivity index (χ0) is 19.6. The molecule has 5 unspecified atom stereocenters. The molecule has 1 fully saturated rings.